The van der Waals surface area contributed by atoms with Gasteiger partial charge in [0.1, 0.15) is 5.82 Å². The van der Waals surface area contributed by atoms with E-state index >= 15 is 0 Å². The van der Waals surface area contributed by atoms with Gasteiger partial charge in [-0.3, -0.25) is 9.74 Å². The van der Waals surface area contributed by atoms with Crippen molar-refractivity contribution in [1.29, 1.82) is 0 Å². The second-order valence-corrected chi connectivity index (χ2v) is 5.52. The van der Waals surface area contributed by atoms with E-state index in [1.165, 1.54) is 23.1 Å². The predicted octanol–water partition coefficient (Wildman–Crippen LogP) is 4.40. The average Bonchev–Trinajstić information content (AvgIpc) is 2.57. The fourth-order valence-electron chi connectivity index (χ4n) is 2.53. The van der Waals surface area contributed by atoms with Gasteiger partial charge in [0.15, 0.2) is 0 Å². The summed E-state index contributed by atoms with van der Waals surface area (Å²) < 4.78 is 13.6. The predicted molar refractivity (Wildman–Crippen MR) is 87.6 cm³/mol. The largest absolute Gasteiger partial charge is 0.440 e. The Morgan fingerprint density at radius 3 is 2.91 bits per heavy atom. The highest BCUT2D eigenvalue weighted by Crippen LogP contribution is 2.27. The normalized spacial score (nSPS) is 13.9. The van der Waals surface area contributed by atoms with Gasteiger partial charge in [-0.1, -0.05) is 41.0 Å². The lowest BCUT2D eigenvalue weighted by Gasteiger charge is -2.27. The van der Waals surface area contributed by atoms with E-state index in [4.69, 9.17) is 16.4 Å². The van der Waals surface area contributed by atoms with E-state index in [9.17, 15) is 9.18 Å². The van der Waals surface area contributed by atoms with Gasteiger partial charge in [0.25, 0.3) is 0 Å². The lowest BCUT2D eigenvalue weighted by atomic mass is 10.0. The standard InChI is InChI=1S/C17H14ClFN2O2/c18-14-7-3-8-15(19)13(14)11-20-23-17(22)21-10-4-6-12-5-1-2-9-16(12)21/h1-3,5,7-9,11H,4,6,10H2. The molecule has 0 aromatic heterocycles. The van der Waals surface area contributed by atoms with Gasteiger partial charge in [-0.05, 0) is 36.6 Å². The number of rotatable bonds is 2. The van der Waals surface area contributed by atoms with E-state index in [2.05, 4.69) is 5.16 Å². The van der Waals surface area contributed by atoms with Crippen LogP contribution in [-0.4, -0.2) is 18.9 Å². The second kappa shape index (κ2) is 6.79. The van der Waals surface area contributed by atoms with Crippen molar-refractivity contribution in [1.82, 2.24) is 0 Å². The number of benzene rings is 2. The summed E-state index contributed by atoms with van der Waals surface area (Å²) in [6.45, 7) is 0.561. The van der Waals surface area contributed by atoms with Crippen molar-refractivity contribution in [3.05, 3.63) is 64.4 Å². The number of para-hydroxylation sites is 1. The van der Waals surface area contributed by atoms with Crippen LogP contribution in [0.15, 0.2) is 47.6 Å². The Balaban J connectivity index is 1.72. The molecule has 1 heterocycles. The molecule has 0 spiro atoms. The van der Waals surface area contributed by atoms with Crippen molar-refractivity contribution >= 4 is 29.6 Å². The number of carbonyl (C=O) groups excluding carboxylic acids is 1. The summed E-state index contributed by atoms with van der Waals surface area (Å²) in [4.78, 5) is 18.6. The maximum Gasteiger partial charge on any atom is 0.440 e. The van der Waals surface area contributed by atoms with Crippen LogP contribution in [0.1, 0.15) is 17.5 Å². The molecule has 0 unspecified atom stereocenters. The van der Waals surface area contributed by atoms with Crippen LogP contribution < -0.4 is 4.90 Å². The summed E-state index contributed by atoms with van der Waals surface area (Å²) in [5, 5.41) is 3.77. The molecule has 0 saturated carbocycles. The minimum atomic E-state index is -0.596. The summed E-state index contributed by atoms with van der Waals surface area (Å²) in [7, 11) is 0. The van der Waals surface area contributed by atoms with Gasteiger partial charge in [0, 0.05) is 6.54 Å². The molecule has 0 radical (unpaired) electrons. The quantitative estimate of drug-likeness (QED) is 0.464. The Hall–Kier alpha value is -2.40. The molecule has 2 aromatic rings. The number of fused-ring (bicyclic) bond motifs is 1. The SMILES string of the molecule is O=C(ON=Cc1c(F)cccc1Cl)N1CCCc2ccccc21. The molecule has 2 aromatic carbocycles. The van der Waals surface area contributed by atoms with Crippen LogP contribution in [0.2, 0.25) is 5.02 Å². The summed E-state index contributed by atoms with van der Waals surface area (Å²) in [5.41, 5.74) is 2.00. The number of hydrogen-bond donors (Lipinski definition) is 0. The van der Waals surface area contributed by atoms with E-state index in [0.29, 0.717) is 6.54 Å². The molecule has 6 heteroatoms. The van der Waals surface area contributed by atoms with Gasteiger partial charge >= 0.3 is 6.09 Å². The number of oxime groups is 1. The molecular weight excluding hydrogens is 319 g/mol. The third-order valence-electron chi connectivity index (χ3n) is 3.64. The number of anilines is 1. The molecule has 0 bridgehead atoms. The first kappa shape index (κ1) is 15.5. The second-order valence-electron chi connectivity index (χ2n) is 5.11. The number of aryl methyl sites for hydroxylation is 1. The smallest absolute Gasteiger partial charge is 0.298 e. The summed E-state index contributed by atoms with van der Waals surface area (Å²) in [6.07, 6.45) is 2.29. The first-order valence-corrected chi connectivity index (χ1v) is 7.58. The van der Waals surface area contributed by atoms with Gasteiger partial charge in [-0.2, -0.15) is 0 Å². The zero-order valence-electron chi connectivity index (χ0n) is 12.2. The molecule has 1 amide bonds. The molecule has 0 atom stereocenters. The molecule has 1 aliphatic heterocycles. The monoisotopic (exact) mass is 332 g/mol. The van der Waals surface area contributed by atoms with Gasteiger partial charge in [0.05, 0.1) is 22.5 Å². The Morgan fingerprint density at radius 2 is 2.09 bits per heavy atom. The zero-order chi connectivity index (χ0) is 16.2. The molecule has 118 valence electrons. The summed E-state index contributed by atoms with van der Waals surface area (Å²) in [5.74, 6) is -0.527. The Morgan fingerprint density at radius 1 is 1.26 bits per heavy atom. The molecule has 0 N–H and O–H groups in total. The number of carbonyl (C=O) groups is 1. The maximum atomic E-state index is 13.6. The van der Waals surface area contributed by atoms with Gasteiger partial charge in [-0.25, -0.2) is 9.18 Å². The molecule has 0 saturated heterocycles. The maximum absolute atomic E-state index is 13.6. The lowest BCUT2D eigenvalue weighted by molar-refractivity contribution is 0.158. The molecule has 4 nitrogen and oxygen atoms in total. The molecule has 0 fully saturated rings. The van der Waals surface area contributed by atoms with E-state index in [0.717, 1.165) is 30.3 Å². The highest BCUT2D eigenvalue weighted by atomic mass is 35.5. The van der Waals surface area contributed by atoms with Crippen LogP contribution in [0.5, 0.6) is 0 Å². The molecule has 0 aliphatic carbocycles. The van der Waals surface area contributed by atoms with Crippen molar-refractivity contribution in [2.45, 2.75) is 12.8 Å². The zero-order valence-corrected chi connectivity index (χ0v) is 13.0. The number of halogens is 2. The number of hydrogen-bond acceptors (Lipinski definition) is 3. The van der Waals surface area contributed by atoms with Crippen molar-refractivity contribution in [3.63, 3.8) is 0 Å². The van der Waals surface area contributed by atoms with Crippen LogP contribution in [0, 0.1) is 5.82 Å². The number of amides is 1. The highest BCUT2D eigenvalue weighted by Gasteiger charge is 2.23. The minimum Gasteiger partial charge on any atom is -0.298 e. The number of nitrogens with zero attached hydrogens (tertiary/aromatic N) is 2. The minimum absolute atomic E-state index is 0.0843. The Bertz CT molecular complexity index is 744. The fraction of sp³-hybridized carbons (Fsp3) is 0.176. The van der Waals surface area contributed by atoms with E-state index in [1.807, 2.05) is 24.3 Å². The summed E-state index contributed by atoms with van der Waals surface area (Å²) >= 11 is 5.88. The van der Waals surface area contributed by atoms with Gasteiger partial charge < -0.3 is 0 Å². The topological polar surface area (TPSA) is 41.9 Å². The average molecular weight is 333 g/mol. The highest BCUT2D eigenvalue weighted by molar-refractivity contribution is 6.33. The van der Waals surface area contributed by atoms with Crippen LogP contribution >= 0.6 is 11.6 Å². The third kappa shape index (κ3) is 3.35. The van der Waals surface area contributed by atoms with Gasteiger partial charge in [-0.15, -0.1) is 0 Å². The first-order valence-electron chi connectivity index (χ1n) is 7.20. The third-order valence-corrected chi connectivity index (χ3v) is 3.97. The Labute approximate surface area is 138 Å². The van der Waals surface area contributed by atoms with Crippen molar-refractivity contribution in [2.75, 3.05) is 11.4 Å². The van der Waals surface area contributed by atoms with Crippen LogP contribution in [0.3, 0.4) is 0 Å². The van der Waals surface area contributed by atoms with Gasteiger partial charge in [0.2, 0.25) is 0 Å². The molecular formula is C17H14ClFN2O2. The molecule has 1 aliphatic rings. The van der Waals surface area contributed by atoms with Crippen LogP contribution in [-0.2, 0) is 11.3 Å². The molecule has 3 rings (SSSR count). The first-order chi connectivity index (χ1) is 11.2. The summed E-state index contributed by atoms with van der Waals surface area (Å²) in [6, 6.07) is 11.9. The van der Waals surface area contributed by atoms with E-state index in [-0.39, 0.29) is 10.6 Å². The van der Waals surface area contributed by atoms with Crippen LogP contribution in [0.4, 0.5) is 14.9 Å². The van der Waals surface area contributed by atoms with E-state index < -0.39 is 11.9 Å². The Kier molecular flexibility index (Phi) is 4.57. The fourth-order valence-corrected chi connectivity index (χ4v) is 2.74. The van der Waals surface area contributed by atoms with Crippen molar-refractivity contribution in [3.8, 4) is 0 Å². The van der Waals surface area contributed by atoms with E-state index in [1.54, 1.807) is 0 Å². The molecule has 23 heavy (non-hydrogen) atoms. The van der Waals surface area contributed by atoms with Crippen molar-refractivity contribution < 1.29 is 14.0 Å². The van der Waals surface area contributed by atoms with Crippen LogP contribution in [0.25, 0.3) is 0 Å². The van der Waals surface area contributed by atoms with Crippen molar-refractivity contribution in [2.24, 2.45) is 5.16 Å². The lowest BCUT2D eigenvalue weighted by Crippen LogP contribution is -2.35.